The molecule has 3 aromatic rings. The number of hydrogen-bond acceptors (Lipinski definition) is 7. The summed E-state index contributed by atoms with van der Waals surface area (Å²) in [6.07, 6.45) is -3.11. The average Bonchev–Trinajstić information content (AvgIpc) is 3.68. The van der Waals surface area contributed by atoms with Gasteiger partial charge in [-0.25, -0.2) is 14.8 Å². The molecule has 1 unspecified atom stereocenters. The summed E-state index contributed by atoms with van der Waals surface area (Å²) < 4.78 is 52.2. The predicted molar refractivity (Wildman–Crippen MR) is 123 cm³/mol. The first-order valence-corrected chi connectivity index (χ1v) is 11.4. The molecule has 2 heterocycles. The van der Waals surface area contributed by atoms with Gasteiger partial charge in [0.2, 0.25) is 11.6 Å². The molecule has 1 aliphatic carbocycles. The number of amides is 1. The van der Waals surface area contributed by atoms with E-state index in [1.165, 1.54) is 19.2 Å². The van der Waals surface area contributed by atoms with Gasteiger partial charge in [-0.3, -0.25) is 4.98 Å². The molecule has 0 bridgehead atoms. The molecular weight excluding hydrogens is 501 g/mol. The number of alkyl halides is 3. The van der Waals surface area contributed by atoms with Crippen LogP contribution in [-0.4, -0.2) is 38.3 Å². The molecule has 0 aliphatic heterocycles. The fraction of sp³-hybridized carbons (Fsp3) is 0.333. The first kappa shape index (κ1) is 25.6. The zero-order valence-corrected chi connectivity index (χ0v) is 19.8. The van der Waals surface area contributed by atoms with E-state index >= 15 is 0 Å². The molecule has 2 aromatic heterocycles. The molecule has 190 valence electrons. The summed E-state index contributed by atoms with van der Waals surface area (Å²) >= 11 is 6.06. The molecule has 0 radical (unpaired) electrons. The second kappa shape index (κ2) is 10.3. The highest BCUT2D eigenvalue weighted by atomic mass is 35.5. The lowest BCUT2D eigenvalue weighted by atomic mass is 10.0. The van der Waals surface area contributed by atoms with Crippen molar-refractivity contribution in [2.24, 2.45) is 5.92 Å². The van der Waals surface area contributed by atoms with E-state index < -0.39 is 35.3 Å². The SMILES string of the molecule is CC(O)(CNC(=O)Oc1nc(-c2cccc(Cl)c2)c(OCc2ccccn2)nc1C(F)(F)F)C1CC1. The molecular formula is C24H22ClF3N4O4. The molecule has 0 saturated heterocycles. The maximum absolute atomic E-state index is 13.9. The summed E-state index contributed by atoms with van der Waals surface area (Å²) in [6, 6.07) is 11.2. The molecule has 8 nitrogen and oxygen atoms in total. The molecule has 0 spiro atoms. The van der Waals surface area contributed by atoms with Crippen molar-refractivity contribution in [3.05, 3.63) is 65.1 Å². The Morgan fingerprint density at radius 2 is 1.94 bits per heavy atom. The van der Waals surface area contributed by atoms with Crippen LogP contribution in [0.3, 0.4) is 0 Å². The highest BCUT2D eigenvalue weighted by Gasteiger charge is 2.42. The van der Waals surface area contributed by atoms with Crippen molar-refractivity contribution in [1.29, 1.82) is 0 Å². The zero-order chi connectivity index (χ0) is 25.9. The van der Waals surface area contributed by atoms with Gasteiger partial charge in [0, 0.05) is 23.3 Å². The largest absolute Gasteiger partial charge is 0.470 e. The number of ether oxygens (including phenoxy) is 2. The van der Waals surface area contributed by atoms with Crippen LogP contribution in [0.2, 0.25) is 5.02 Å². The summed E-state index contributed by atoms with van der Waals surface area (Å²) in [5.41, 5.74) is -2.12. The topological polar surface area (TPSA) is 106 Å². The number of pyridine rings is 1. The third-order valence-electron chi connectivity index (χ3n) is 5.52. The fourth-order valence-electron chi connectivity index (χ4n) is 3.44. The molecule has 1 saturated carbocycles. The van der Waals surface area contributed by atoms with Crippen LogP contribution in [0.1, 0.15) is 31.2 Å². The fourth-order valence-corrected chi connectivity index (χ4v) is 3.63. The number of halogens is 4. The number of aliphatic hydroxyl groups is 1. The van der Waals surface area contributed by atoms with Crippen LogP contribution in [0.15, 0.2) is 48.7 Å². The summed E-state index contributed by atoms with van der Waals surface area (Å²) in [7, 11) is 0. The smallest absolute Gasteiger partial charge is 0.438 e. The van der Waals surface area contributed by atoms with E-state index in [2.05, 4.69) is 20.3 Å². The number of benzene rings is 1. The third kappa shape index (κ3) is 6.41. The summed E-state index contributed by atoms with van der Waals surface area (Å²) in [4.78, 5) is 24.0. The van der Waals surface area contributed by atoms with Gasteiger partial charge in [-0.1, -0.05) is 29.8 Å². The Bertz CT molecular complexity index is 1240. The van der Waals surface area contributed by atoms with Crippen molar-refractivity contribution in [1.82, 2.24) is 20.3 Å². The van der Waals surface area contributed by atoms with Crippen molar-refractivity contribution in [3.8, 4) is 23.0 Å². The van der Waals surface area contributed by atoms with Crippen LogP contribution < -0.4 is 14.8 Å². The highest BCUT2D eigenvalue weighted by molar-refractivity contribution is 6.30. The summed E-state index contributed by atoms with van der Waals surface area (Å²) in [5.74, 6) is -1.50. The number of hydrogen-bond donors (Lipinski definition) is 2. The zero-order valence-electron chi connectivity index (χ0n) is 19.1. The quantitative estimate of drug-likeness (QED) is 0.427. The van der Waals surface area contributed by atoms with Crippen LogP contribution in [0.5, 0.6) is 11.8 Å². The van der Waals surface area contributed by atoms with E-state index in [0.717, 1.165) is 12.8 Å². The molecule has 2 N–H and O–H groups in total. The first-order chi connectivity index (χ1) is 17.0. The van der Waals surface area contributed by atoms with E-state index in [-0.39, 0.29) is 24.8 Å². The van der Waals surface area contributed by atoms with Crippen LogP contribution in [0.25, 0.3) is 11.3 Å². The first-order valence-electron chi connectivity index (χ1n) is 11.0. The Morgan fingerprint density at radius 1 is 1.17 bits per heavy atom. The lowest BCUT2D eigenvalue weighted by molar-refractivity contribution is -0.142. The minimum Gasteiger partial charge on any atom is -0.470 e. The van der Waals surface area contributed by atoms with Crippen molar-refractivity contribution in [2.45, 2.75) is 38.1 Å². The van der Waals surface area contributed by atoms with Gasteiger partial charge >= 0.3 is 12.3 Å². The normalized spacial score (nSPS) is 15.2. The standard InChI is InChI=1S/C24H22ClF3N4O4/c1-23(34,15-8-9-15)13-30-22(33)36-21-19(24(26,27)28)32-20(35-12-17-7-2-3-10-29-17)18(31-21)14-5-4-6-16(25)11-14/h2-7,10-11,15,34H,8-9,12-13H2,1H3,(H,30,33). The molecule has 1 aliphatic rings. The molecule has 1 atom stereocenters. The monoisotopic (exact) mass is 522 g/mol. The number of rotatable bonds is 8. The number of carbonyl (C=O) groups excluding carboxylic acids is 1. The van der Waals surface area contributed by atoms with Gasteiger partial charge in [0.1, 0.15) is 12.3 Å². The van der Waals surface area contributed by atoms with Crippen LogP contribution in [-0.2, 0) is 12.8 Å². The molecule has 1 amide bonds. The predicted octanol–water partition coefficient (Wildman–Crippen LogP) is 5.04. The molecule has 1 aromatic carbocycles. The number of nitrogens with zero attached hydrogens (tertiary/aromatic N) is 3. The van der Waals surface area contributed by atoms with E-state index in [4.69, 9.17) is 21.1 Å². The minimum absolute atomic E-state index is 0.00768. The minimum atomic E-state index is -5.02. The van der Waals surface area contributed by atoms with Gasteiger partial charge in [0.05, 0.1) is 11.3 Å². The Morgan fingerprint density at radius 3 is 2.58 bits per heavy atom. The molecule has 12 heteroatoms. The van der Waals surface area contributed by atoms with E-state index in [9.17, 15) is 23.1 Å². The van der Waals surface area contributed by atoms with Gasteiger partial charge < -0.3 is 19.9 Å². The molecule has 4 rings (SSSR count). The number of aromatic nitrogens is 3. The van der Waals surface area contributed by atoms with Crippen LogP contribution >= 0.6 is 11.6 Å². The van der Waals surface area contributed by atoms with Crippen LogP contribution in [0, 0.1) is 5.92 Å². The Hall–Kier alpha value is -3.44. The van der Waals surface area contributed by atoms with E-state index in [1.807, 2.05) is 0 Å². The second-order valence-electron chi connectivity index (χ2n) is 8.52. The molecule has 36 heavy (non-hydrogen) atoms. The van der Waals surface area contributed by atoms with Gasteiger partial charge in [0.15, 0.2) is 0 Å². The maximum atomic E-state index is 13.9. The van der Waals surface area contributed by atoms with Crippen molar-refractivity contribution in [2.75, 3.05) is 6.54 Å². The van der Waals surface area contributed by atoms with Gasteiger partial charge in [-0.15, -0.1) is 0 Å². The van der Waals surface area contributed by atoms with Crippen molar-refractivity contribution >= 4 is 17.7 Å². The van der Waals surface area contributed by atoms with Crippen molar-refractivity contribution in [3.63, 3.8) is 0 Å². The van der Waals surface area contributed by atoms with E-state index in [0.29, 0.717) is 16.3 Å². The van der Waals surface area contributed by atoms with Gasteiger partial charge in [-0.05, 0) is 49.9 Å². The van der Waals surface area contributed by atoms with Crippen molar-refractivity contribution < 1.29 is 32.5 Å². The lowest BCUT2D eigenvalue weighted by Crippen LogP contribution is -2.43. The average molecular weight is 523 g/mol. The number of nitrogens with one attached hydrogen (secondary N) is 1. The van der Waals surface area contributed by atoms with Crippen LogP contribution in [0.4, 0.5) is 18.0 Å². The highest BCUT2D eigenvalue weighted by Crippen LogP contribution is 2.40. The second-order valence-corrected chi connectivity index (χ2v) is 8.96. The van der Waals surface area contributed by atoms with E-state index in [1.54, 1.807) is 36.4 Å². The summed E-state index contributed by atoms with van der Waals surface area (Å²) in [6.45, 7) is 1.16. The molecule has 1 fully saturated rings. The lowest BCUT2D eigenvalue weighted by Gasteiger charge is -2.23. The van der Waals surface area contributed by atoms with Gasteiger partial charge in [0.25, 0.3) is 5.88 Å². The number of carbonyl (C=O) groups is 1. The summed E-state index contributed by atoms with van der Waals surface area (Å²) in [5, 5.41) is 12.9. The third-order valence-corrected chi connectivity index (χ3v) is 5.75. The Kier molecular flexibility index (Phi) is 7.32. The maximum Gasteiger partial charge on any atom is 0.438 e. The van der Waals surface area contributed by atoms with Gasteiger partial charge in [-0.2, -0.15) is 13.2 Å². The Labute approximate surface area is 209 Å². The Balaban J connectivity index is 1.67.